The monoisotopic (exact) mass is 501 g/mol. The number of aromatic nitrogens is 8. The average molecular weight is 502 g/mol. The molecule has 0 bridgehead atoms. The molecule has 0 saturated heterocycles. The van der Waals surface area contributed by atoms with Crippen molar-refractivity contribution in [3.63, 3.8) is 0 Å². The van der Waals surface area contributed by atoms with Gasteiger partial charge in [0.25, 0.3) is 0 Å². The summed E-state index contributed by atoms with van der Waals surface area (Å²) in [5.41, 5.74) is 3.62. The van der Waals surface area contributed by atoms with Crippen LogP contribution in [0.25, 0.3) is 39.0 Å². The number of benzene rings is 1. The van der Waals surface area contributed by atoms with Crippen molar-refractivity contribution >= 4 is 28.0 Å². The lowest BCUT2D eigenvalue weighted by atomic mass is 10.1. The summed E-state index contributed by atoms with van der Waals surface area (Å²) in [6.07, 6.45) is 6.98. The molecule has 1 unspecified atom stereocenters. The Morgan fingerprint density at radius 3 is 2.62 bits per heavy atom. The van der Waals surface area contributed by atoms with E-state index in [2.05, 4.69) is 30.4 Å². The van der Waals surface area contributed by atoms with Gasteiger partial charge in [-0.1, -0.05) is 0 Å². The quantitative estimate of drug-likeness (QED) is 0.344. The molecule has 0 saturated carbocycles. The molecule has 5 heterocycles. The van der Waals surface area contributed by atoms with Gasteiger partial charge >= 0.3 is 0 Å². The van der Waals surface area contributed by atoms with E-state index >= 15 is 0 Å². The molecular formula is C25H21F2N9O. The molecule has 0 radical (unpaired) electrons. The summed E-state index contributed by atoms with van der Waals surface area (Å²) in [6.45, 7) is 1.88. The summed E-state index contributed by atoms with van der Waals surface area (Å²) in [5.74, 6) is -0.0312. The summed E-state index contributed by atoms with van der Waals surface area (Å²) >= 11 is 0. The van der Waals surface area contributed by atoms with Crippen LogP contribution < -0.4 is 10.1 Å². The molecule has 6 rings (SSSR count). The summed E-state index contributed by atoms with van der Waals surface area (Å²) in [6, 6.07) is 6.26. The van der Waals surface area contributed by atoms with Gasteiger partial charge in [-0.15, -0.1) is 0 Å². The summed E-state index contributed by atoms with van der Waals surface area (Å²) in [7, 11) is 3.34. The smallest absolute Gasteiger partial charge is 0.215 e. The van der Waals surface area contributed by atoms with Crippen molar-refractivity contribution in [1.29, 1.82) is 0 Å². The molecule has 1 aromatic carbocycles. The minimum Gasteiger partial charge on any atom is -0.481 e. The lowest BCUT2D eigenvalue weighted by Gasteiger charge is -2.17. The van der Waals surface area contributed by atoms with Crippen LogP contribution in [0, 0.1) is 11.6 Å². The molecule has 6 aromatic rings. The normalized spacial score (nSPS) is 12.4. The molecule has 37 heavy (non-hydrogen) atoms. The van der Waals surface area contributed by atoms with Gasteiger partial charge in [-0.2, -0.15) is 10.1 Å². The number of imidazole rings is 1. The zero-order valence-electron chi connectivity index (χ0n) is 20.1. The van der Waals surface area contributed by atoms with Gasteiger partial charge in [0, 0.05) is 42.7 Å². The van der Waals surface area contributed by atoms with E-state index in [9.17, 15) is 8.78 Å². The Morgan fingerprint density at radius 2 is 1.89 bits per heavy atom. The van der Waals surface area contributed by atoms with E-state index in [-0.39, 0.29) is 5.69 Å². The Hall–Kier alpha value is -4.87. The Bertz CT molecular complexity index is 1750. The first-order valence-corrected chi connectivity index (χ1v) is 11.4. The van der Waals surface area contributed by atoms with Crippen LogP contribution >= 0.6 is 0 Å². The maximum absolute atomic E-state index is 14.2. The number of ether oxygens (including phenoxy) is 1. The van der Waals surface area contributed by atoms with E-state index in [4.69, 9.17) is 9.72 Å². The second kappa shape index (κ2) is 8.66. The van der Waals surface area contributed by atoms with Gasteiger partial charge in [0.2, 0.25) is 5.88 Å². The fourth-order valence-corrected chi connectivity index (χ4v) is 4.41. The molecule has 186 valence electrons. The number of nitrogens with zero attached hydrogens (tertiary/aromatic N) is 7. The van der Waals surface area contributed by atoms with Crippen LogP contribution in [0.1, 0.15) is 18.8 Å². The predicted octanol–water partition coefficient (Wildman–Crippen LogP) is 4.55. The van der Waals surface area contributed by atoms with Crippen LogP contribution in [0.3, 0.4) is 0 Å². The van der Waals surface area contributed by atoms with E-state index < -0.39 is 17.7 Å². The first-order chi connectivity index (χ1) is 17.9. The first kappa shape index (κ1) is 22.6. The van der Waals surface area contributed by atoms with Crippen molar-refractivity contribution in [3.05, 3.63) is 72.7 Å². The van der Waals surface area contributed by atoms with Crippen LogP contribution in [0.15, 0.2) is 55.2 Å². The Balaban J connectivity index is 1.49. The number of H-pyrrole nitrogens is 1. The van der Waals surface area contributed by atoms with Gasteiger partial charge in [0.1, 0.15) is 40.8 Å². The van der Waals surface area contributed by atoms with Crippen molar-refractivity contribution in [2.24, 2.45) is 7.05 Å². The Kier molecular flexibility index (Phi) is 5.29. The molecule has 0 spiro atoms. The maximum atomic E-state index is 14.2. The minimum absolute atomic E-state index is 0.245. The second-order valence-corrected chi connectivity index (χ2v) is 8.55. The van der Waals surface area contributed by atoms with Gasteiger partial charge in [0.05, 0.1) is 30.4 Å². The van der Waals surface area contributed by atoms with Crippen molar-refractivity contribution in [3.8, 4) is 22.7 Å². The van der Waals surface area contributed by atoms with Crippen molar-refractivity contribution in [2.45, 2.75) is 13.0 Å². The highest BCUT2D eigenvalue weighted by Crippen LogP contribution is 2.34. The molecule has 12 heteroatoms. The number of halogens is 2. The molecule has 0 amide bonds. The number of nitrogens with one attached hydrogen (secondary N) is 2. The van der Waals surface area contributed by atoms with E-state index in [0.29, 0.717) is 34.3 Å². The van der Waals surface area contributed by atoms with Crippen molar-refractivity contribution in [2.75, 3.05) is 12.4 Å². The van der Waals surface area contributed by atoms with Gasteiger partial charge in [-0.05, 0) is 25.1 Å². The fraction of sp³-hybridized carbons (Fsp3) is 0.160. The van der Waals surface area contributed by atoms with Crippen LogP contribution in [0.2, 0.25) is 0 Å². The zero-order valence-corrected chi connectivity index (χ0v) is 20.1. The fourth-order valence-electron chi connectivity index (χ4n) is 4.41. The molecular weight excluding hydrogens is 480 g/mol. The molecule has 0 fully saturated rings. The number of hydrogen-bond acceptors (Lipinski definition) is 7. The van der Waals surface area contributed by atoms with Crippen LogP contribution in [0.5, 0.6) is 5.88 Å². The lowest BCUT2D eigenvalue weighted by Crippen LogP contribution is -2.14. The Morgan fingerprint density at radius 1 is 1.08 bits per heavy atom. The number of rotatable bonds is 6. The van der Waals surface area contributed by atoms with Crippen molar-refractivity contribution in [1.82, 2.24) is 39.3 Å². The van der Waals surface area contributed by atoms with Gasteiger partial charge in [-0.3, -0.25) is 9.25 Å². The summed E-state index contributed by atoms with van der Waals surface area (Å²) in [5, 5.41) is 8.45. The molecule has 10 nitrogen and oxygen atoms in total. The minimum atomic E-state index is -0.711. The molecule has 2 N–H and O–H groups in total. The summed E-state index contributed by atoms with van der Waals surface area (Å²) < 4.78 is 37.1. The van der Waals surface area contributed by atoms with Gasteiger partial charge in [-0.25, -0.2) is 23.7 Å². The SMILES string of the molecule is COc1ccc2nc(C(C)Nc3ncnc4[nH]cc(-c5cnn(C)c5)c34)n(-c3cc(F)cc(F)c3)c2n1. The highest BCUT2D eigenvalue weighted by molar-refractivity contribution is 6.00. The number of methoxy groups -OCH3 is 1. The first-order valence-electron chi connectivity index (χ1n) is 11.4. The number of pyridine rings is 1. The third-order valence-electron chi connectivity index (χ3n) is 6.05. The third-order valence-corrected chi connectivity index (χ3v) is 6.05. The standard InChI is InChI=1S/C25H21F2N9O/c1-13(32-23-21-18(14-9-31-35(2)11-14)10-28-22(21)29-12-30-23)24-33-19-4-5-20(37-3)34-25(19)36(24)17-7-15(26)6-16(27)8-17/h4-13H,1-3H3,(H2,28,29,30,32). The maximum Gasteiger partial charge on any atom is 0.215 e. The highest BCUT2D eigenvalue weighted by atomic mass is 19.1. The van der Waals surface area contributed by atoms with E-state index in [0.717, 1.165) is 22.6 Å². The number of aromatic amines is 1. The molecule has 5 aromatic heterocycles. The van der Waals surface area contributed by atoms with Gasteiger partial charge < -0.3 is 15.0 Å². The third kappa shape index (κ3) is 3.92. The Labute approximate surface area is 209 Å². The predicted molar refractivity (Wildman–Crippen MR) is 133 cm³/mol. The zero-order chi connectivity index (χ0) is 25.7. The molecule has 0 aliphatic rings. The van der Waals surface area contributed by atoms with Gasteiger partial charge in [0.15, 0.2) is 5.65 Å². The lowest BCUT2D eigenvalue weighted by molar-refractivity contribution is 0.399. The van der Waals surface area contributed by atoms with Crippen LogP contribution in [-0.2, 0) is 7.05 Å². The summed E-state index contributed by atoms with van der Waals surface area (Å²) in [4.78, 5) is 21.3. The number of aryl methyl sites for hydroxylation is 1. The van der Waals surface area contributed by atoms with E-state index in [1.807, 2.05) is 26.4 Å². The highest BCUT2D eigenvalue weighted by Gasteiger charge is 2.23. The largest absolute Gasteiger partial charge is 0.481 e. The number of anilines is 1. The van der Waals surface area contributed by atoms with Crippen LogP contribution in [-0.4, -0.2) is 46.4 Å². The van der Waals surface area contributed by atoms with Crippen molar-refractivity contribution < 1.29 is 13.5 Å². The molecule has 0 aliphatic heterocycles. The molecule has 0 aliphatic carbocycles. The number of hydrogen-bond donors (Lipinski definition) is 2. The van der Waals surface area contributed by atoms with Crippen LogP contribution in [0.4, 0.5) is 14.6 Å². The van der Waals surface area contributed by atoms with E-state index in [1.54, 1.807) is 27.6 Å². The topological polar surface area (TPSA) is 111 Å². The molecule has 1 atom stereocenters. The number of fused-ring (bicyclic) bond motifs is 2. The average Bonchev–Trinajstić information content (AvgIpc) is 3.59. The van der Waals surface area contributed by atoms with E-state index in [1.165, 1.54) is 25.6 Å². The second-order valence-electron chi connectivity index (χ2n) is 8.55.